The van der Waals surface area contributed by atoms with Gasteiger partial charge in [-0.2, -0.15) is 0 Å². The van der Waals surface area contributed by atoms with Crippen LogP contribution in [0.1, 0.15) is 22.8 Å². The van der Waals surface area contributed by atoms with E-state index in [0.29, 0.717) is 12.2 Å². The van der Waals surface area contributed by atoms with E-state index in [1.165, 1.54) is 0 Å². The topological polar surface area (TPSA) is 34.1 Å². The maximum Gasteiger partial charge on any atom is 0.174 e. The zero-order chi connectivity index (χ0) is 10.1. The van der Waals surface area contributed by atoms with Crippen molar-refractivity contribution in [2.45, 2.75) is 18.2 Å². The van der Waals surface area contributed by atoms with E-state index in [2.05, 4.69) is 0 Å². The molecule has 0 aromatic heterocycles. The minimum Gasteiger partial charge on any atom is -0.300 e. The molecule has 0 amide bonds. The van der Waals surface area contributed by atoms with Crippen LogP contribution in [0, 0.1) is 0 Å². The van der Waals surface area contributed by atoms with Gasteiger partial charge >= 0.3 is 0 Å². The Hall–Kier alpha value is -1.09. The number of hydrogen-bond acceptors (Lipinski definition) is 3. The zero-order valence-corrected chi connectivity index (χ0v) is 8.69. The van der Waals surface area contributed by atoms with Gasteiger partial charge in [-0.1, -0.05) is 6.07 Å². The molecule has 14 heavy (non-hydrogen) atoms. The van der Waals surface area contributed by atoms with E-state index < -0.39 is 0 Å². The summed E-state index contributed by atoms with van der Waals surface area (Å²) in [6.45, 7) is 1.56. The molecule has 1 aliphatic heterocycles. The smallest absolute Gasteiger partial charge is 0.174 e. The van der Waals surface area contributed by atoms with Crippen LogP contribution in [0.5, 0.6) is 0 Å². The highest BCUT2D eigenvalue weighted by Gasteiger charge is 2.20. The highest BCUT2D eigenvalue weighted by molar-refractivity contribution is 8.00. The SMILES string of the molecule is CC(=O)Cc1ccc2c(c1)C(=O)CS2. The van der Waals surface area contributed by atoms with Gasteiger partial charge in [0.25, 0.3) is 0 Å². The average Bonchev–Trinajstić information content (AvgIpc) is 2.47. The minimum absolute atomic E-state index is 0.128. The van der Waals surface area contributed by atoms with Crippen molar-refractivity contribution in [3.63, 3.8) is 0 Å². The van der Waals surface area contributed by atoms with Crippen LogP contribution < -0.4 is 0 Å². The summed E-state index contributed by atoms with van der Waals surface area (Å²) < 4.78 is 0. The molecule has 0 atom stereocenters. The van der Waals surface area contributed by atoms with Crippen molar-refractivity contribution in [3.05, 3.63) is 29.3 Å². The second-order valence-electron chi connectivity index (χ2n) is 3.42. The lowest BCUT2D eigenvalue weighted by Crippen LogP contribution is -2.00. The first-order valence-electron chi connectivity index (χ1n) is 4.45. The normalized spacial score (nSPS) is 14.2. The molecule has 0 bridgehead atoms. The highest BCUT2D eigenvalue weighted by Crippen LogP contribution is 2.31. The summed E-state index contributed by atoms with van der Waals surface area (Å²) in [5, 5.41) is 0. The second-order valence-corrected chi connectivity index (χ2v) is 4.44. The van der Waals surface area contributed by atoms with Crippen LogP contribution >= 0.6 is 11.8 Å². The number of carbonyl (C=O) groups excluding carboxylic acids is 2. The molecule has 0 unspecified atom stereocenters. The molecule has 2 nitrogen and oxygen atoms in total. The van der Waals surface area contributed by atoms with Crippen LogP contribution in [0.15, 0.2) is 23.1 Å². The van der Waals surface area contributed by atoms with E-state index in [9.17, 15) is 9.59 Å². The third kappa shape index (κ3) is 1.73. The summed E-state index contributed by atoms with van der Waals surface area (Å²) >= 11 is 1.57. The Morgan fingerprint density at radius 3 is 3.00 bits per heavy atom. The number of thioether (sulfide) groups is 1. The lowest BCUT2D eigenvalue weighted by molar-refractivity contribution is -0.116. The maximum absolute atomic E-state index is 11.4. The van der Waals surface area contributed by atoms with Crippen LogP contribution in [-0.4, -0.2) is 17.3 Å². The van der Waals surface area contributed by atoms with Crippen molar-refractivity contribution in [1.82, 2.24) is 0 Å². The molecule has 72 valence electrons. The van der Waals surface area contributed by atoms with Crippen LogP contribution in [0.2, 0.25) is 0 Å². The average molecular weight is 206 g/mol. The van der Waals surface area contributed by atoms with Crippen LogP contribution in [0.4, 0.5) is 0 Å². The Kier molecular flexibility index (Phi) is 2.42. The number of benzene rings is 1. The first-order chi connectivity index (χ1) is 6.66. The van der Waals surface area contributed by atoms with Gasteiger partial charge in [-0.15, -0.1) is 11.8 Å². The summed E-state index contributed by atoms with van der Waals surface area (Å²) in [5.41, 5.74) is 1.72. The fourth-order valence-electron chi connectivity index (χ4n) is 1.54. The van der Waals surface area contributed by atoms with Crippen molar-refractivity contribution in [3.8, 4) is 0 Å². The van der Waals surface area contributed by atoms with Gasteiger partial charge in [0.1, 0.15) is 5.78 Å². The second kappa shape index (κ2) is 3.58. The van der Waals surface area contributed by atoms with Crippen LogP contribution in [-0.2, 0) is 11.2 Å². The van der Waals surface area contributed by atoms with Gasteiger partial charge in [0.2, 0.25) is 0 Å². The summed E-state index contributed by atoms with van der Waals surface area (Å²) in [7, 11) is 0. The number of rotatable bonds is 2. The van der Waals surface area contributed by atoms with E-state index in [-0.39, 0.29) is 11.6 Å². The van der Waals surface area contributed by atoms with E-state index in [0.717, 1.165) is 16.0 Å². The van der Waals surface area contributed by atoms with Crippen molar-refractivity contribution in [1.29, 1.82) is 0 Å². The molecule has 1 aliphatic rings. The molecule has 2 rings (SSSR count). The van der Waals surface area contributed by atoms with Gasteiger partial charge in [-0.25, -0.2) is 0 Å². The summed E-state index contributed by atoms with van der Waals surface area (Å²) in [4.78, 5) is 23.3. The largest absolute Gasteiger partial charge is 0.300 e. The number of hydrogen-bond donors (Lipinski definition) is 0. The Bertz CT molecular complexity index is 410. The van der Waals surface area contributed by atoms with Gasteiger partial charge in [0.05, 0.1) is 5.75 Å². The minimum atomic E-state index is 0.128. The number of fused-ring (bicyclic) bond motifs is 1. The first-order valence-corrected chi connectivity index (χ1v) is 5.44. The fraction of sp³-hybridized carbons (Fsp3) is 0.273. The maximum atomic E-state index is 11.4. The van der Waals surface area contributed by atoms with E-state index in [1.807, 2.05) is 18.2 Å². The molecular formula is C11H10O2S. The van der Waals surface area contributed by atoms with Gasteiger partial charge < -0.3 is 0 Å². The van der Waals surface area contributed by atoms with Crippen molar-refractivity contribution >= 4 is 23.3 Å². The molecule has 3 heteroatoms. The van der Waals surface area contributed by atoms with Crippen molar-refractivity contribution in [2.24, 2.45) is 0 Å². The van der Waals surface area contributed by atoms with Gasteiger partial charge in [0, 0.05) is 16.9 Å². The molecule has 0 saturated carbocycles. The molecule has 0 spiro atoms. The molecule has 0 radical (unpaired) electrons. The molecule has 0 aliphatic carbocycles. The van der Waals surface area contributed by atoms with Gasteiger partial charge in [-0.3, -0.25) is 9.59 Å². The lowest BCUT2D eigenvalue weighted by atomic mass is 10.0. The molecule has 1 aromatic rings. The predicted molar refractivity (Wildman–Crippen MR) is 55.9 cm³/mol. The summed E-state index contributed by atoms with van der Waals surface area (Å²) in [6.07, 6.45) is 0.422. The highest BCUT2D eigenvalue weighted by atomic mass is 32.2. The van der Waals surface area contributed by atoms with Gasteiger partial charge in [-0.05, 0) is 24.6 Å². The lowest BCUT2D eigenvalue weighted by Gasteiger charge is -2.00. The predicted octanol–water partition coefficient (Wildman–Crippen LogP) is 2.11. The Balaban J connectivity index is 2.35. The molecule has 0 saturated heterocycles. The van der Waals surface area contributed by atoms with Crippen molar-refractivity contribution in [2.75, 3.05) is 5.75 Å². The molecule has 0 fully saturated rings. The standard InChI is InChI=1S/C11H10O2S/c1-7(12)4-8-2-3-11-9(5-8)10(13)6-14-11/h2-3,5H,4,6H2,1H3. The number of carbonyl (C=O) groups is 2. The molecular weight excluding hydrogens is 196 g/mol. The number of ketones is 2. The summed E-state index contributed by atoms with van der Waals surface area (Å²) in [6, 6.07) is 5.70. The van der Waals surface area contributed by atoms with Gasteiger partial charge in [0.15, 0.2) is 5.78 Å². The monoisotopic (exact) mass is 206 g/mol. The fourth-order valence-corrected chi connectivity index (χ4v) is 2.47. The zero-order valence-electron chi connectivity index (χ0n) is 7.87. The van der Waals surface area contributed by atoms with Crippen molar-refractivity contribution < 1.29 is 9.59 Å². The van der Waals surface area contributed by atoms with E-state index in [4.69, 9.17) is 0 Å². The van der Waals surface area contributed by atoms with Crippen LogP contribution in [0.25, 0.3) is 0 Å². The van der Waals surface area contributed by atoms with Crippen LogP contribution in [0.3, 0.4) is 0 Å². The summed E-state index contributed by atoms with van der Waals surface area (Å²) in [5.74, 6) is 0.845. The molecule has 1 aromatic carbocycles. The van der Waals surface area contributed by atoms with E-state index in [1.54, 1.807) is 18.7 Å². The number of Topliss-reactive ketones (excluding diaryl/α,β-unsaturated/α-hetero) is 2. The Morgan fingerprint density at radius 1 is 1.50 bits per heavy atom. The third-order valence-corrected chi connectivity index (χ3v) is 3.23. The quantitative estimate of drug-likeness (QED) is 0.743. The first kappa shape index (κ1) is 9.46. The molecule has 1 heterocycles. The molecule has 0 N–H and O–H groups in total. The van der Waals surface area contributed by atoms with E-state index >= 15 is 0 Å². The Labute approximate surface area is 86.7 Å². The third-order valence-electron chi connectivity index (χ3n) is 2.16. The Morgan fingerprint density at radius 2 is 2.29 bits per heavy atom.